The van der Waals surface area contributed by atoms with Gasteiger partial charge in [-0.2, -0.15) is 10.2 Å². The molecule has 90 heavy (non-hydrogen) atoms. The van der Waals surface area contributed by atoms with Crippen LogP contribution in [-0.4, -0.2) is 103 Å². The normalized spacial score (nSPS) is 13.9. The number of halogens is 1. The molecule has 9 heterocycles. The lowest BCUT2D eigenvalue weighted by molar-refractivity contribution is -0.145. The van der Waals surface area contributed by atoms with Crippen LogP contribution in [0.3, 0.4) is 0 Å². The molecule has 0 saturated carbocycles. The summed E-state index contributed by atoms with van der Waals surface area (Å²) in [5, 5.41) is 17.2. The minimum Gasteiger partial charge on any atom is -0.465 e. The largest absolute Gasteiger partial charge is 0.498 e. The van der Waals surface area contributed by atoms with Crippen LogP contribution < -0.4 is 27.2 Å². The highest BCUT2D eigenvalue weighted by atomic mass is 79.9. The van der Waals surface area contributed by atoms with E-state index in [4.69, 9.17) is 23.8 Å². The number of para-hydroxylation sites is 2. The molecule has 1 aliphatic heterocycles. The fourth-order valence-electron chi connectivity index (χ4n) is 10.3. The highest BCUT2D eigenvalue weighted by Crippen LogP contribution is 2.38. The van der Waals surface area contributed by atoms with E-state index in [9.17, 15) is 19.2 Å². The molecule has 6 N–H and O–H groups in total. The maximum absolute atomic E-state index is 13.5. The summed E-state index contributed by atoms with van der Waals surface area (Å²) in [6.45, 7) is 16.4. The number of H-pyrrole nitrogens is 4. The first kappa shape index (κ1) is 61.6. The Morgan fingerprint density at radius 2 is 1.07 bits per heavy atom. The summed E-state index contributed by atoms with van der Waals surface area (Å²) in [5.74, 6) is 0.322. The van der Waals surface area contributed by atoms with Gasteiger partial charge in [0.05, 0.1) is 98.6 Å². The molecule has 13 rings (SSSR count). The molecule has 22 nitrogen and oxygen atoms in total. The zero-order valence-corrected chi connectivity index (χ0v) is 52.4. The first-order valence-corrected chi connectivity index (χ1v) is 30.2. The Morgan fingerprint density at radius 3 is 1.58 bits per heavy atom. The van der Waals surface area contributed by atoms with Gasteiger partial charge in [0.25, 0.3) is 11.1 Å². The fourth-order valence-corrected chi connectivity index (χ4v) is 10.7. The third-order valence-electron chi connectivity index (χ3n) is 15.6. The first-order valence-electron chi connectivity index (χ1n) is 29.4. The fraction of sp³-hybridized carbons (Fsp3) is 0.242. The highest BCUT2D eigenvalue weighted by Gasteiger charge is 2.52. The SMILES string of the molecule is CCOC(=O)Cn1cc(-c2ccc3nc(-c4c(N[C@@H](C)c5ccccn5)c5ccccc5[nH]c4=O)[nH]c3c2)cn1.CCOC(=O)Cn1cc(B2OC(C)(C)C(C)(C)O2)cn1.C[C@H](Nc1c(-c2nc3ccc(Br)cc3[nH]2)c(=O)[nH]c2ccccc12)c1ccccn1. The average molecular weight is 1270 g/mol. The van der Waals surface area contributed by atoms with E-state index in [2.05, 4.69) is 71.6 Å². The van der Waals surface area contributed by atoms with Crippen molar-refractivity contribution in [2.24, 2.45) is 0 Å². The number of nitrogens with zero attached hydrogens (tertiary/aromatic N) is 8. The first-order chi connectivity index (χ1) is 43.3. The second-order valence-electron chi connectivity index (χ2n) is 22.4. The Labute approximate surface area is 525 Å². The van der Waals surface area contributed by atoms with E-state index in [1.807, 2.05) is 163 Å². The molecule has 0 unspecified atom stereocenters. The van der Waals surface area contributed by atoms with Crippen LogP contribution in [0.25, 0.3) is 77.8 Å². The summed E-state index contributed by atoms with van der Waals surface area (Å²) >= 11 is 3.48. The van der Waals surface area contributed by atoms with Crippen molar-refractivity contribution in [1.82, 2.24) is 59.4 Å². The van der Waals surface area contributed by atoms with Crippen LogP contribution in [-0.2, 0) is 41.5 Å². The average Bonchev–Trinajstić information content (AvgIpc) is 1.46. The van der Waals surface area contributed by atoms with E-state index in [0.29, 0.717) is 47.2 Å². The Bertz CT molecular complexity index is 4660. The molecule has 0 spiro atoms. The van der Waals surface area contributed by atoms with Gasteiger partial charge >= 0.3 is 19.1 Å². The maximum Gasteiger partial charge on any atom is 0.498 e. The Morgan fingerprint density at radius 1 is 0.589 bits per heavy atom. The minimum atomic E-state index is -0.462. The van der Waals surface area contributed by atoms with Crippen molar-refractivity contribution < 1.29 is 28.4 Å². The number of ether oxygens (including phenoxy) is 2. The number of carbonyl (C=O) groups is 2. The van der Waals surface area contributed by atoms with Gasteiger partial charge in [0.1, 0.15) is 35.9 Å². The van der Waals surface area contributed by atoms with Crippen LogP contribution in [0.2, 0.25) is 0 Å². The van der Waals surface area contributed by atoms with Crippen LogP contribution >= 0.6 is 15.9 Å². The molecule has 2 atom stereocenters. The number of hydrogen-bond donors (Lipinski definition) is 6. The number of rotatable bonds is 16. The summed E-state index contributed by atoms with van der Waals surface area (Å²) < 4.78 is 25.8. The molecule has 1 saturated heterocycles. The van der Waals surface area contributed by atoms with Gasteiger partial charge < -0.3 is 49.4 Å². The predicted molar refractivity (Wildman–Crippen MR) is 352 cm³/mol. The van der Waals surface area contributed by atoms with Gasteiger partial charge in [-0.25, -0.2) is 9.97 Å². The van der Waals surface area contributed by atoms with E-state index in [1.165, 1.54) is 4.68 Å². The van der Waals surface area contributed by atoms with Crippen molar-refractivity contribution in [3.63, 3.8) is 0 Å². The molecule has 0 radical (unpaired) electrons. The van der Waals surface area contributed by atoms with Crippen LogP contribution in [0.15, 0.2) is 173 Å². The quantitative estimate of drug-likeness (QED) is 0.0387. The third kappa shape index (κ3) is 13.5. The van der Waals surface area contributed by atoms with E-state index in [0.717, 1.165) is 76.5 Å². The maximum atomic E-state index is 13.5. The van der Waals surface area contributed by atoms with E-state index >= 15 is 0 Å². The molecule has 0 aliphatic carbocycles. The molecular weight excluding hydrogens is 1210 g/mol. The summed E-state index contributed by atoms with van der Waals surface area (Å²) in [6.07, 6.45) is 10.4. The third-order valence-corrected chi connectivity index (χ3v) is 16.1. The van der Waals surface area contributed by atoms with Crippen molar-refractivity contribution >= 4 is 95.7 Å². The zero-order chi connectivity index (χ0) is 63.3. The number of nitrogens with one attached hydrogen (secondary N) is 6. The molecule has 4 aromatic carbocycles. The van der Waals surface area contributed by atoms with Crippen molar-refractivity contribution in [2.45, 2.75) is 91.8 Å². The lowest BCUT2D eigenvalue weighted by Gasteiger charge is -2.32. The van der Waals surface area contributed by atoms with Gasteiger partial charge in [0.2, 0.25) is 0 Å². The summed E-state index contributed by atoms with van der Waals surface area (Å²) in [7, 11) is -0.462. The number of aromatic amines is 4. The monoisotopic (exact) mass is 1270 g/mol. The number of aromatic nitrogens is 12. The predicted octanol–water partition coefficient (Wildman–Crippen LogP) is 11.2. The number of benzene rings is 4. The number of pyridine rings is 4. The molecule has 0 bridgehead atoms. The standard InChI is InChI=1S/C30H27N7O3.C23H18BrN5O.C13H21BN2O4/c1-3-40-26(38)17-37-16-20(15-32-37)19-11-12-24-25(14-19)35-29(34-24)27-28(33-18(2)22-9-6-7-13-31-22)21-8-4-5-10-23(21)36-30(27)39;1-13(16-7-4-5-11-25-16)26-21-15-6-2-3-8-17(15)29-23(30)20(21)22-27-18-10-9-14(24)12-19(18)28-22;1-6-18-11(17)9-16-8-10(7-15-16)14-19-12(2,3)13(4,5)20-14/h4-16,18H,3,17H2,1-2H3,(H,34,35)(H2,33,36,39);2-13H,1H3,(H,27,28)(H2,26,29,30);7-8H,6,9H2,1-5H3/t18-;13-;/m00./s1. The van der Waals surface area contributed by atoms with Crippen molar-refractivity contribution in [3.05, 3.63) is 195 Å². The van der Waals surface area contributed by atoms with Crippen LogP contribution in [0.4, 0.5) is 11.4 Å². The number of anilines is 2. The van der Waals surface area contributed by atoms with Gasteiger partial charge in [-0.3, -0.25) is 38.5 Å². The van der Waals surface area contributed by atoms with Crippen molar-refractivity contribution in [1.29, 1.82) is 0 Å². The van der Waals surface area contributed by atoms with Gasteiger partial charge in [0.15, 0.2) is 0 Å². The van der Waals surface area contributed by atoms with Gasteiger partial charge in [-0.1, -0.05) is 70.5 Å². The summed E-state index contributed by atoms with van der Waals surface area (Å²) in [5.41, 5.74) is 9.98. The molecular formula is C66H66BBrN14O8. The van der Waals surface area contributed by atoms with Crippen LogP contribution in [0.5, 0.6) is 0 Å². The molecule has 12 aromatic rings. The highest BCUT2D eigenvalue weighted by molar-refractivity contribution is 9.10. The van der Waals surface area contributed by atoms with E-state index in [-0.39, 0.29) is 59.4 Å². The molecule has 458 valence electrons. The number of imidazole rings is 2. The van der Waals surface area contributed by atoms with Crippen LogP contribution in [0, 0.1) is 0 Å². The van der Waals surface area contributed by atoms with E-state index < -0.39 is 7.12 Å². The van der Waals surface area contributed by atoms with Crippen molar-refractivity contribution in [2.75, 3.05) is 23.8 Å². The number of carbonyl (C=O) groups excluding carboxylic acids is 2. The number of esters is 2. The van der Waals surface area contributed by atoms with Crippen molar-refractivity contribution in [3.8, 4) is 33.9 Å². The smallest absolute Gasteiger partial charge is 0.465 e. The van der Waals surface area contributed by atoms with Gasteiger partial charge in [-0.05, 0) is 128 Å². The Kier molecular flexibility index (Phi) is 18.0. The number of hydrogen-bond acceptors (Lipinski definition) is 16. The van der Waals surface area contributed by atoms with Gasteiger partial charge in [-0.15, -0.1) is 0 Å². The minimum absolute atomic E-state index is 0.0434. The van der Waals surface area contributed by atoms with E-state index in [1.54, 1.807) is 55.7 Å². The number of fused-ring (bicyclic) bond motifs is 4. The summed E-state index contributed by atoms with van der Waals surface area (Å²) in [4.78, 5) is 80.8. The molecule has 8 aromatic heterocycles. The Balaban J connectivity index is 0.000000147. The second-order valence-corrected chi connectivity index (χ2v) is 23.3. The topological polar surface area (TPSA) is 280 Å². The van der Waals surface area contributed by atoms with Gasteiger partial charge in [0, 0.05) is 57.3 Å². The molecule has 1 aliphatic rings. The second kappa shape index (κ2) is 26.4. The lowest BCUT2D eigenvalue weighted by Crippen LogP contribution is -2.41. The summed E-state index contributed by atoms with van der Waals surface area (Å²) in [6, 6.07) is 38.3. The molecule has 1 fully saturated rings. The Hall–Kier alpha value is -10.0. The molecule has 0 amide bonds. The van der Waals surface area contributed by atoms with Crippen LogP contribution in [0.1, 0.15) is 78.9 Å². The molecule has 24 heteroatoms. The lowest BCUT2D eigenvalue weighted by atomic mass is 9.82. The zero-order valence-electron chi connectivity index (χ0n) is 50.8.